The summed E-state index contributed by atoms with van der Waals surface area (Å²) in [5, 5.41) is 0.710. The first-order valence-electron chi connectivity index (χ1n) is 10.8. The van der Waals surface area contributed by atoms with Crippen LogP contribution in [0.2, 0.25) is 0 Å². The maximum absolute atomic E-state index is 13.6. The lowest BCUT2D eigenvalue weighted by molar-refractivity contribution is 0.103. The molecule has 0 aliphatic rings. The zero-order chi connectivity index (χ0) is 24.9. The quantitative estimate of drug-likeness (QED) is 0.245. The first kappa shape index (κ1) is 23.6. The van der Waals surface area contributed by atoms with E-state index in [0.29, 0.717) is 45.1 Å². The van der Waals surface area contributed by atoms with Gasteiger partial charge in [-0.05, 0) is 24.3 Å². The summed E-state index contributed by atoms with van der Waals surface area (Å²) in [5.41, 5.74) is 2.12. The Hall–Kier alpha value is -4.52. The van der Waals surface area contributed by atoms with Crippen LogP contribution in [0, 0.1) is 0 Å². The number of hydrogen-bond acceptors (Lipinski definition) is 6. The van der Waals surface area contributed by atoms with Gasteiger partial charge < -0.3 is 23.5 Å². The van der Waals surface area contributed by atoms with Crippen molar-refractivity contribution in [3.8, 4) is 23.0 Å². The van der Waals surface area contributed by atoms with Crippen molar-refractivity contribution < 1.29 is 28.5 Å². The molecule has 0 saturated carbocycles. The van der Waals surface area contributed by atoms with Crippen LogP contribution in [0.4, 0.5) is 0 Å². The molecule has 4 rings (SSSR count). The Balaban J connectivity index is 1.81. The van der Waals surface area contributed by atoms with E-state index in [0.717, 1.165) is 5.52 Å². The van der Waals surface area contributed by atoms with Gasteiger partial charge in [0.05, 0.1) is 34.0 Å². The van der Waals surface area contributed by atoms with Crippen molar-refractivity contribution in [1.29, 1.82) is 0 Å². The van der Waals surface area contributed by atoms with Crippen molar-refractivity contribution in [3.05, 3.63) is 89.6 Å². The van der Waals surface area contributed by atoms with E-state index in [1.807, 2.05) is 30.3 Å². The van der Waals surface area contributed by atoms with E-state index in [-0.39, 0.29) is 11.6 Å². The molecular weight excluding hydrogens is 446 g/mol. The Morgan fingerprint density at radius 2 is 1.46 bits per heavy atom. The van der Waals surface area contributed by atoms with Crippen LogP contribution in [-0.4, -0.2) is 44.6 Å². The third kappa shape index (κ3) is 4.61. The topological polar surface area (TPSA) is 76.0 Å². The highest BCUT2D eigenvalue weighted by Crippen LogP contribution is 2.39. The number of rotatable bonds is 9. The molecule has 0 N–H and O–H groups in total. The third-order valence-electron chi connectivity index (χ3n) is 5.66. The molecule has 1 aromatic heterocycles. The average molecular weight is 472 g/mol. The van der Waals surface area contributed by atoms with E-state index in [1.54, 1.807) is 54.4 Å². The average Bonchev–Trinajstić information content (AvgIpc) is 3.28. The Morgan fingerprint density at radius 1 is 0.771 bits per heavy atom. The van der Waals surface area contributed by atoms with Gasteiger partial charge in [0.2, 0.25) is 5.75 Å². The number of allylic oxidation sites excluding steroid dienone is 1. The van der Waals surface area contributed by atoms with Gasteiger partial charge in [0.1, 0.15) is 5.75 Å². The molecule has 0 spiro atoms. The third-order valence-corrected chi connectivity index (χ3v) is 5.66. The highest BCUT2D eigenvalue weighted by molar-refractivity contribution is 6.17. The Morgan fingerprint density at radius 3 is 2.06 bits per heavy atom. The van der Waals surface area contributed by atoms with E-state index in [9.17, 15) is 9.59 Å². The molecule has 0 saturated heterocycles. The second-order valence-corrected chi connectivity index (χ2v) is 7.62. The maximum Gasteiger partial charge on any atom is 0.203 e. The number of aromatic nitrogens is 1. The maximum atomic E-state index is 13.6. The molecule has 4 aromatic rings. The SMILES string of the molecule is COc1ccc2c(C(=O)c3cc(OC)c(OC)c(OC)c3)cn(/C=C/C(=O)c3ccccc3)c2c1. The van der Waals surface area contributed by atoms with Crippen LogP contribution in [0.3, 0.4) is 0 Å². The first-order valence-corrected chi connectivity index (χ1v) is 10.8. The van der Waals surface area contributed by atoms with Gasteiger partial charge in [-0.2, -0.15) is 0 Å². The van der Waals surface area contributed by atoms with Gasteiger partial charge in [0.25, 0.3) is 0 Å². The van der Waals surface area contributed by atoms with Crippen LogP contribution in [0.15, 0.2) is 72.9 Å². The monoisotopic (exact) mass is 471 g/mol. The Kier molecular flexibility index (Phi) is 6.87. The molecule has 3 aromatic carbocycles. The number of ether oxygens (including phenoxy) is 4. The summed E-state index contributed by atoms with van der Waals surface area (Å²) in [6.45, 7) is 0. The van der Waals surface area contributed by atoms with E-state index >= 15 is 0 Å². The van der Waals surface area contributed by atoms with Gasteiger partial charge in [-0.15, -0.1) is 0 Å². The molecule has 0 atom stereocenters. The number of carbonyl (C=O) groups is 2. The molecule has 0 fully saturated rings. The lowest BCUT2D eigenvalue weighted by Gasteiger charge is -2.13. The van der Waals surface area contributed by atoms with Crippen molar-refractivity contribution in [2.24, 2.45) is 0 Å². The molecule has 0 aliphatic heterocycles. The summed E-state index contributed by atoms with van der Waals surface area (Å²) in [6, 6.07) is 17.6. The number of nitrogens with zero attached hydrogens (tertiary/aromatic N) is 1. The Bertz CT molecular complexity index is 1390. The van der Waals surface area contributed by atoms with Crippen LogP contribution < -0.4 is 18.9 Å². The second kappa shape index (κ2) is 10.2. The fraction of sp³-hybridized carbons (Fsp3) is 0.143. The molecule has 0 unspecified atom stereocenters. The van der Waals surface area contributed by atoms with Crippen molar-refractivity contribution in [2.75, 3.05) is 28.4 Å². The smallest absolute Gasteiger partial charge is 0.203 e. The summed E-state index contributed by atoms with van der Waals surface area (Å²) in [5.74, 6) is 1.42. The predicted molar refractivity (Wildman–Crippen MR) is 134 cm³/mol. The first-order chi connectivity index (χ1) is 17.0. The Labute approximate surface area is 203 Å². The van der Waals surface area contributed by atoms with Crippen molar-refractivity contribution >= 4 is 28.7 Å². The minimum atomic E-state index is -0.235. The summed E-state index contributed by atoms with van der Waals surface area (Å²) in [6.07, 6.45) is 4.81. The summed E-state index contributed by atoms with van der Waals surface area (Å²) in [4.78, 5) is 26.2. The lowest BCUT2D eigenvalue weighted by atomic mass is 10.0. The van der Waals surface area contributed by atoms with Gasteiger partial charge in [-0.1, -0.05) is 30.3 Å². The number of hydrogen-bond donors (Lipinski definition) is 0. The normalized spacial score (nSPS) is 11.0. The second-order valence-electron chi connectivity index (χ2n) is 7.62. The molecule has 0 radical (unpaired) electrons. The van der Waals surface area contributed by atoms with Crippen LogP contribution in [0.5, 0.6) is 23.0 Å². The minimum Gasteiger partial charge on any atom is -0.497 e. The highest BCUT2D eigenvalue weighted by Gasteiger charge is 2.21. The zero-order valence-corrected chi connectivity index (χ0v) is 19.9. The molecule has 7 nitrogen and oxygen atoms in total. The van der Waals surface area contributed by atoms with E-state index in [4.69, 9.17) is 18.9 Å². The fourth-order valence-corrected chi connectivity index (χ4v) is 3.88. The molecular formula is C28H25NO6. The van der Waals surface area contributed by atoms with Crippen molar-refractivity contribution in [3.63, 3.8) is 0 Å². The van der Waals surface area contributed by atoms with Crippen LogP contribution in [0.25, 0.3) is 17.1 Å². The van der Waals surface area contributed by atoms with Crippen LogP contribution in [0.1, 0.15) is 26.3 Å². The standard InChI is InChI=1S/C28H25NO6/c1-32-20-10-11-21-22(27(31)19-14-25(33-2)28(35-4)26(15-19)34-3)17-29(23(21)16-20)13-12-24(30)18-8-6-5-7-9-18/h5-17H,1-4H3/b13-12+. The van der Waals surface area contributed by atoms with Crippen molar-refractivity contribution in [1.82, 2.24) is 4.57 Å². The molecule has 0 bridgehead atoms. The lowest BCUT2D eigenvalue weighted by Crippen LogP contribution is -2.04. The van der Waals surface area contributed by atoms with Gasteiger partial charge in [0.15, 0.2) is 23.1 Å². The number of benzene rings is 3. The molecule has 7 heteroatoms. The summed E-state index contributed by atoms with van der Waals surface area (Å²) >= 11 is 0. The van der Waals surface area contributed by atoms with Gasteiger partial charge >= 0.3 is 0 Å². The van der Waals surface area contributed by atoms with Crippen LogP contribution in [-0.2, 0) is 0 Å². The molecule has 1 heterocycles. The molecule has 35 heavy (non-hydrogen) atoms. The number of methoxy groups -OCH3 is 4. The van der Waals surface area contributed by atoms with Crippen molar-refractivity contribution in [2.45, 2.75) is 0 Å². The van der Waals surface area contributed by atoms with Gasteiger partial charge in [-0.3, -0.25) is 9.59 Å². The highest BCUT2D eigenvalue weighted by atomic mass is 16.5. The fourth-order valence-electron chi connectivity index (χ4n) is 3.88. The van der Waals surface area contributed by atoms with Crippen LogP contribution >= 0.6 is 0 Å². The zero-order valence-electron chi connectivity index (χ0n) is 19.9. The number of fused-ring (bicyclic) bond motifs is 1. The van der Waals surface area contributed by atoms with Gasteiger partial charge in [-0.25, -0.2) is 0 Å². The number of carbonyl (C=O) groups excluding carboxylic acids is 2. The van der Waals surface area contributed by atoms with Gasteiger partial charge in [0, 0.05) is 46.6 Å². The molecule has 178 valence electrons. The summed E-state index contributed by atoms with van der Waals surface area (Å²) < 4.78 is 23.3. The summed E-state index contributed by atoms with van der Waals surface area (Å²) in [7, 11) is 6.08. The van der Waals surface area contributed by atoms with E-state index in [2.05, 4.69) is 0 Å². The number of ketones is 2. The van der Waals surface area contributed by atoms with E-state index < -0.39 is 0 Å². The molecule has 0 amide bonds. The molecule has 0 aliphatic carbocycles. The largest absolute Gasteiger partial charge is 0.497 e. The minimum absolute atomic E-state index is 0.146. The van der Waals surface area contributed by atoms with E-state index in [1.165, 1.54) is 27.4 Å². The predicted octanol–water partition coefficient (Wildman–Crippen LogP) is 5.26.